The van der Waals surface area contributed by atoms with E-state index >= 15 is 0 Å². The van der Waals surface area contributed by atoms with Gasteiger partial charge < -0.3 is 19.4 Å². The van der Waals surface area contributed by atoms with Crippen LogP contribution >= 0.6 is 0 Å². The molecule has 2 rings (SSSR count). The number of methoxy groups -OCH3 is 2. The zero-order valence-corrected chi connectivity index (χ0v) is 11.7. The molecule has 1 unspecified atom stereocenters. The highest BCUT2D eigenvalue weighted by atomic mass is 16.5. The molecule has 0 radical (unpaired) electrons. The van der Waals surface area contributed by atoms with Crippen LogP contribution in [-0.2, 0) is 7.05 Å². The van der Waals surface area contributed by atoms with Crippen LogP contribution in [0.25, 0.3) is 0 Å². The topological polar surface area (TPSA) is 48.3 Å². The summed E-state index contributed by atoms with van der Waals surface area (Å²) in [6.45, 7) is 0. The van der Waals surface area contributed by atoms with Crippen molar-refractivity contribution in [2.45, 2.75) is 6.04 Å². The summed E-state index contributed by atoms with van der Waals surface area (Å²) in [4.78, 5) is 4.39. The van der Waals surface area contributed by atoms with Crippen LogP contribution in [0, 0.1) is 0 Å². The van der Waals surface area contributed by atoms with Gasteiger partial charge in [-0.2, -0.15) is 0 Å². The Balaban J connectivity index is 2.46. The number of rotatable bonds is 5. The van der Waals surface area contributed by atoms with Crippen LogP contribution in [-0.4, -0.2) is 30.8 Å². The van der Waals surface area contributed by atoms with Gasteiger partial charge in [-0.3, -0.25) is 0 Å². The molecule has 0 fully saturated rings. The largest absolute Gasteiger partial charge is 0.497 e. The Morgan fingerprint density at radius 1 is 1.16 bits per heavy atom. The summed E-state index contributed by atoms with van der Waals surface area (Å²) in [7, 11) is 7.18. The fraction of sp³-hybridized carbons (Fsp3) is 0.357. The second-order valence-electron chi connectivity index (χ2n) is 4.26. The van der Waals surface area contributed by atoms with Crippen molar-refractivity contribution in [3.8, 4) is 11.5 Å². The molecule has 1 heterocycles. The van der Waals surface area contributed by atoms with Gasteiger partial charge in [-0.15, -0.1) is 0 Å². The molecule has 0 spiro atoms. The standard InChI is InChI=1S/C14H19N3O2/c1-15-13(14-16-5-6-17(14)2)10-7-11(18-3)9-12(8-10)19-4/h5-9,13,15H,1-4H3. The maximum absolute atomic E-state index is 5.30. The van der Waals surface area contributed by atoms with Crippen molar-refractivity contribution in [2.24, 2.45) is 7.05 Å². The molecule has 0 aliphatic rings. The van der Waals surface area contributed by atoms with Crippen molar-refractivity contribution < 1.29 is 9.47 Å². The molecular formula is C14H19N3O2. The molecule has 5 nitrogen and oxygen atoms in total. The molecule has 0 saturated carbocycles. The van der Waals surface area contributed by atoms with Crippen LogP contribution < -0.4 is 14.8 Å². The average Bonchev–Trinajstić information content (AvgIpc) is 2.85. The summed E-state index contributed by atoms with van der Waals surface area (Å²) < 4.78 is 12.6. The number of ether oxygens (including phenoxy) is 2. The number of aryl methyl sites for hydroxylation is 1. The van der Waals surface area contributed by atoms with Crippen LogP contribution in [0.2, 0.25) is 0 Å². The molecule has 1 N–H and O–H groups in total. The highest BCUT2D eigenvalue weighted by Gasteiger charge is 2.18. The Kier molecular flexibility index (Phi) is 4.06. The van der Waals surface area contributed by atoms with E-state index in [4.69, 9.17) is 9.47 Å². The van der Waals surface area contributed by atoms with E-state index in [1.807, 2.05) is 43.1 Å². The highest BCUT2D eigenvalue weighted by molar-refractivity contribution is 5.41. The average molecular weight is 261 g/mol. The molecule has 1 aromatic carbocycles. The number of nitrogens with zero attached hydrogens (tertiary/aromatic N) is 2. The lowest BCUT2D eigenvalue weighted by molar-refractivity contribution is 0.392. The lowest BCUT2D eigenvalue weighted by atomic mass is 10.1. The van der Waals surface area contributed by atoms with Gasteiger partial charge in [0.15, 0.2) is 0 Å². The lowest BCUT2D eigenvalue weighted by Crippen LogP contribution is -2.21. The Hall–Kier alpha value is -2.01. The predicted octanol–water partition coefficient (Wildman–Crippen LogP) is 1.75. The minimum absolute atomic E-state index is 0.0102. The van der Waals surface area contributed by atoms with Gasteiger partial charge >= 0.3 is 0 Å². The zero-order chi connectivity index (χ0) is 13.8. The Bertz CT molecular complexity index is 529. The van der Waals surface area contributed by atoms with E-state index in [0.717, 1.165) is 22.9 Å². The van der Waals surface area contributed by atoms with Crippen LogP contribution in [0.3, 0.4) is 0 Å². The molecule has 0 aliphatic heterocycles. The van der Waals surface area contributed by atoms with Crippen molar-refractivity contribution in [1.82, 2.24) is 14.9 Å². The summed E-state index contributed by atoms with van der Waals surface area (Å²) in [6, 6.07) is 5.81. The summed E-state index contributed by atoms with van der Waals surface area (Å²) in [5.74, 6) is 2.48. The van der Waals surface area contributed by atoms with Gasteiger partial charge in [0.25, 0.3) is 0 Å². The van der Waals surface area contributed by atoms with Crippen molar-refractivity contribution >= 4 is 0 Å². The number of aromatic nitrogens is 2. The highest BCUT2D eigenvalue weighted by Crippen LogP contribution is 2.28. The molecule has 2 aromatic rings. The number of nitrogens with one attached hydrogen (secondary N) is 1. The van der Waals surface area contributed by atoms with E-state index in [9.17, 15) is 0 Å². The van der Waals surface area contributed by atoms with Crippen molar-refractivity contribution in [3.05, 3.63) is 42.0 Å². The van der Waals surface area contributed by atoms with Crippen LogP contribution in [0.1, 0.15) is 17.4 Å². The molecule has 0 aliphatic carbocycles. The summed E-state index contributed by atoms with van der Waals surface area (Å²) >= 11 is 0. The molecule has 102 valence electrons. The number of benzene rings is 1. The van der Waals surface area contributed by atoms with Crippen LogP contribution in [0.5, 0.6) is 11.5 Å². The zero-order valence-electron chi connectivity index (χ0n) is 11.7. The Morgan fingerprint density at radius 2 is 1.79 bits per heavy atom. The molecule has 1 aromatic heterocycles. The van der Waals surface area contributed by atoms with E-state index in [2.05, 4.69) is 10.3 Å². The maximum atomic E-state index is 5.30. The first-order valence-corrected chi connectivity index (χ1v) is 6.07. The second-order valence-corrected chi connectivity index (χ2v) is 4.26. The van der Waals surface area contributed by atoms with Crippen molar-refractivity contribution in [1.29, 1.82) is 0 Å². The van der Waals surface area contributed by atoms with E-state index in [-0.39, 0.29) is 6.04 Å². The van der Waals surface area contributed by atoms with Gasteiger partial charge in [0.1, 0.15) is 17.3 Å². The second kappa shape index (κ2) is 5.75. The summed E-state index contributed by atoms with van der Waals surface area (Å²) in [5.41, 5.74) is 1.05. The fourth-order valence-corrected chi connectivity index (χ4v) is 2.10. The third kappa shape index (κ3) is 2.71. The molecular weight excluding hydrogens is 242 g/mol. The minimum atomic E-state index is -0.0102. The Morgan fingerprint density at radius 3 is 2.21 bits per heavy atom. The molecule has 0 saturated heterocycles. The third-order valence-corrected chi connectivity index (χ3v) is 3.11. The fourth-order valence-electron chi connectivity index (χ4n) is 2.10. The van der Waals surface area contributed by atoms with Crippen molar-refractivity contribution in [2.75, 3.05) is 21.3 Å². The first-order valence-electron chi connectivity index (χ1n) is 6.07. The molecule has 0 bridgehead atoms. The van der Waals surface area contributed by atoms with Gasteiger partial charge in [-0.05, 0) is 24.7 Å². The number of hydrogen-bond acceptors (Lipinski definition) is 4. The monoisotopic (exact) mass is 261 g/mol. The van der Waals surface area contributed by atoms with E-state index in [0.29, 0.717) is 0 Å². The van der Waals surface area contributed by atoms with Gasteiger partial charge in [0.05, 0.1) is 20.3 Å². The molecule has 5 heteroatoms. The number of hydrogen-bond donors (Lipinski definition) is 1. The quantitative estimate of drug-likeness (QED) is 0.890. The van der Waals surface area contributed by atoms with E-state index < -0.39 is 0 Å². The first kappa shape index (κ1) is 13.4. The summed E-state index contributed by atoms with van der Waals surface area (Å²) in [5, 5.41) is 3.27. The number of imidazole rings is 1. The lowest BCUT2D eigenvalue weighted by Gasteiger charge is -2.18. The predicted molar refractivity (Wildman–Crippen MR) is 73.7 cm³/mol. The van der Waals surface area contributed by atoms with Crippen molar-refractivity contribution in [3.63, 3.8) is 0 Å². The maximum Gasteiger partial charge on any atom is 0.130 e. The van der Waals surface area contributed by atoms with E-state index in [1.54, 1.807) is 20.4 Å². The van der Waals surface area contributed by atoms with Gasteiger partial charge in [0, 0.05) is 25.5 Å². The molecule has 19 heavy (non-hydrogen) atoms. The normalized spacial score (nSPS) is 12.2. The first-order chi connectivity index (χ1) is 9.19. The SMILES string of the molecule is CNC(c1cc(OC)cc(OC)c1)c1nccn1C. The van der Waals surface area contributed by atoms with Gasteiger partial charge in [-0.1, -0.05) is 0 Å². The summed E-state index contributed by atoms with van der Waals surface area (Å²) in [6.07, 6.45) is 3.72. The molecule has 1 atom stereocenters. The van der Waals surface area contributed by atoms with Crippen LogP contribution in [0.4, 0.5) is 0 Å². The smallest absolute Gasteiger partial charge is 0.130 e. The van der Waals surface area contributed by atoms with Gasteiger partial charge in [-0.25, -0.2) is 4.98 Å². The molecule has 0 amide bonds. The Labute approximate surface area is 113 Å². The van der Waals surface area contributed by atoms with Gasteiger partial charge in [0.2, 0.25) is 0 Å². The third-order valence-electron chi connectivity index (χ3n) is 3.11. The minimum Gasteiger partial charge on any atom is -0.497 e. The van der Waals surface area contributed by atoms with E-state index in [1.165, 1.54) is 0 Å². The van der Waals surface area contributed by atoms with Crippen LogP contribution in [0.15, 0.2) is 30.6 Å².